The molecule has 6 heteroatoms. The van der Waals surface area contributed by atoms with E-state index in [9.17, 15) is 14.7 Å². The molecule has 0 saturated heterocycles. The van der Waals surface area contributed by atoms with Crippen molar-refractivity contribution in [3.8, 4) is 5.75 Å². The first-order valence-electron chi connectivity index (χ1n) is 11.0. The van der Waals surface area contributed by atoms with Gasteiger partial charge in [0.05, 0.1) is 14.8 Å². The first kappa shape index (κ1) is 26.6. The largest absolute Gasteiger partial charge is 0.507 e. The number of carbonyl (C=O) groups excluding carboxylic acids is 2. The molecule has 2 amide bonds. The Hall–Kier alpha value is -2.61. The van der Waals surface area contributed by atoms with Crippen LogP contribution < -0.4 is 11.1 Å². The highest BCUT2D eigenvalue weighted by Gasteiger charge is 2.26. The van der Waals surface area contributed by atoms with Crippen molar-refractivity contribution in [1.29, 1.82) is 0 Å². The Labute approximate surface area is 210 Å². The van der Waals surface area contributed by atoms with E-state index in [1.165, 1.54) is 48.6 Å². The Kier molecular flexibility index (Phi) is 9.28. The molecule has 0 heterocycles. The number of nitrogens with two attached hydrogens (primary N) is 1. The molecule has 4 N–H and O–H groups in total. The second kappa shape index (κ2) is 11.5. The van der Waals surface area contributed by atoms with Gasteiger partial charge in [-0.05, 0) is 91.3 Å². The van der Waals surface area contributed by atoms with E-state index in [0.717, 1.165) is 11.1 Å². The fourth-order valence-electron chi connectivity index (χ4n) is 3.94. The van der Waals surface area contributed by atoms with E-state index in [1.54, 1.807) is 0 Å². The molecule has 0 unspecified atom stereocenters. The third kappa shape index (κ3) is 7.45. The van der Waals surface area contributed by atoms with E-state index in [-0.39, 0.29) is 22.4 Å². The number of aromatic hydroxyl groups is 1. The van der Waals surface area contributed by atoms with Crippen molar-refractivity contribution in [3.05, 3.63) is 80.0 Å². The normalized spacial score (nSPS) is 17.2. The minimum Gasteiger partial charge on any atom is -0.507 e. The van der Waals surface area contributed by atoms with Gasteiger partial charge in [0, 0.05) is 6.08 Å². The maximum atomic E-state index is 12.4. The molecule has 1 aromatic carbocycles. The summed E-state index contributed by atoms with van der Waals surface area (Å²) in [5.41, 5.74) is 10.7. The average Bonchev–Trinajstić information content (AvgIpc) is 2.70. The Bertz CT molecular complexity index is 1090. The van der Waals surface area contributed by atoms with Gasteiger partial charge in [-0.1, -0.05) is 55.4 Å². The van der Waals surface area contributed by atoms with Crippen LogP contribution >= 0.6 is 22.6 Å². The predicted molar refractivity (Wildman–Crippen MR) is 144 cm³/mol. The summed E-state index contributed by atoms with van der Waals surface area (Å²) in [4.78, 5) is 24.1. The van der Waals surface area contributed by atoms with Crippen molar-refractivity contribution in [3.63, 3.8) is 0 Å². The van der Waals surface area contributed by atoms with E-state index in [2.05, 4.69) is 38.2 Å². The molecule has 0 saturated carbocycles. The second-order valence-corrected chi connectivity index (χ2v) is 10.2. The molecule has 0 bridgehead atoms. The summed E-state index contributed by atoms with van der Waals surface area (Å²) >= 11 is 1.86. The minimum atomic E-state index is -0.681. The second-order valence-electron chi connectivity index (χ2n) is 9.10. The Morgan fingerprint density at radius 2 is 1.88 bits per heavy atom. The first-order valence-corrected chi connectivity index (χ1v) is 12.0. The zero-order chi connectivity index (χ0) is 24.8. The number of benzene rings is 1. The van der Waals surface area contributed by atoms with Gasteiger partial charge in [-0.15, -0.1) is 0 Å². The van der Waals surface area contributed by atoms with Crippen molar-refractivity contribution in [2.75, 3.05) is 5.32 Å². The van der Waals surface area contributed by atoms with Gasteiger partial charge < -0.3 is 16.2 Å². The van der Waals surface area contributed by atoms with Crippen molar-refractivity contribution in [2.24, 2.45) is 11.1 Å². The van der Waals surface area contributed by atoms with Crippen molar-refractivity contribution in [2.45, 2.75) is 53.9 Å². The number of amides is 2. The lowest BCUT2D eigenvalue weighted by molar-refractivity contribution is -0.111. The summed E-state index contributed by atoms with van der Waals surface area (Å²) < 4.78 is 0.357. The third-order valence-electron chi connectivity index (χ3n) is 5.77. The van der Waals surface area contributed by atoms with Crippen LogP contribution in [0.15, 0.2) is 70.9 Å². The van der Waals surface area contributed by atoms with Crippen LogP contribution in [0, 0.1) is 8.99 Å². The average molecular weight is 560 g/mol. The maximum absolute atomic E-state index is 12.4. The van der Waals surface area contributed by atoms with Crippen LogP contribution in [0.5, 0.6) is 5.75 Å². The van der Waals surface area contributed by atoms with Crippen LogP contribution in [0.3, 0.4) is 0 Å². The lowest BCUT2D eigenvalue weighted by Crippen LogP contribution is -2.19. The molecular formula is C27H33IN2O3. The highest BCUT2D eigenvalue weighted by atomic mass is 127. The summed E-state index contributed by atoms with van der Waals surface area (Å²) in [5, 5.41) is 12.5. The number of primary amides is 1. The van der Waals surface area contributed by atoms with E-state index in [4.69, 9.17) is 5.73 Å². The maximum Gasteiger partial charge on any atom is 0.250 e. The standard InChI is InChI=1S/C27H33IN2O3/c1-17(11-13-21-19(3)10-7-15-27(21,4)5)8-6-9-18(2)16-23(32)30-25-20(26(29)33)12-14-22(31)24(25)28/h6,8-9,11-14,16,31H,7,10,15H2,1-5H3,(H2,29,33)(H,30,32). The molecule has 1 aromatic rings. The predicted octanol–water partition coefficient (Wildman–Crippen LogP) is 6.57. The summed E-state index contributed by atoms with van der Waals surface area (Å²) in [6.45, 7) is 10.7. The number of phenolic OH excluding ortho intramolecular Hbond substituents is 1. The number of rotatable bonds is 7. The van der Waals surface area contributed by atoms with Crippen LogP contribution in [-0.2, 0) is 4.79 Å². The SMILES string of the molecule is CC(C=CC1=C(C)CCCC1(C)C)=CC=CC(C)=CC(=O)Nc1c(C(N)=O)ccc(O)c1I. The van der Waals surface area contributed by atoms with Gasteiger partial charge in [0.25, 0.3) is 5.91 Å². The zero-order valence-electron chi connectivity index (χ0n) is 20.0. The van der Waals surface area contributed by atoms with E-state index in [0.29, 0.717) is 3.57 Å². The van der Waals surface area contributed by atoms with Crippen LogP contribution in [0.25, 0.3) is 0 Å². The Morgan fingerprint density at radius 3 is 2.52 bits per heavy atom. The van der Waals surface area contributed by atoms with Crippen LogP contribution in [0.1, 0.15) is 64.2 Å². The molecular weight excluding hydrogens is 527 g/mol. The van der Waals surface area contributed by atoms with Gasteiger partial charge in [-0.3, -0.25) is 9.59 Å². The van der Waals surface area contributed by atoms with E-state index >= 15 is 0 Å². The molecule has 1 aliphatic carbocycles. The van der Waals surface area contributed by atoms with Crippen LogP contribution in [-0.4, -0.2) is 16.9 Å². The van der Waals surface area contributed by atoms with E-state index in [1.807, 2.05) is 54.7 Å². The third-order valence-corrected chi connectivity index (χ3v) is 6.86. The Balaban J connectivity index is 2.08. The number of phenols is 1. The van der Waals surface area contributed by atoms with Gasteiger partial charge >= 0.3 is 0 Å². The number of nitrogens with one attached hydrogen (secondary N) is 1. The fourth-order valence-corrected chi connectivity index (χ4v) is 4.54. The quantitative estimate of drug-likeness (QED) is 0.200. The topological polar surface area (TPSA) is 92.4 Å². The monoisotopic (exact) mass is 560 g/mol. The molecule has 176 valence electrons. The number of allylic oxidation sites excluding steroid dienone is 9. The van der Waals surface area contributed by atoms with Gasteiger partial charge in [-0.2, -0.15) is 0 Å². The number of hydrogen-bond donors (Lipinski definition) is 3. The number of carbonyl (C=O) groups is 2. The molecule has 0 spiro atoms. The van der Waals surface area contributed by atoms with Gasteiger partial charge in [0.2, 0.25) is 5.91 Å². The molecule has 33 heavy (non-hydrogen) atoms. The molecule has 0 radical (unpaired) electrons. The molecule has 0 fully saturated rings. The minimum absolute atomic E-state index is 0.0345. The summed E-state index contributed by atoms with van der Waals surface area (Å²) in [5.74, 6) is -1.13. The number of hydrogen-bond acceptors (Lipinski definition) is 3. The first-order chi connectivity index (χ1) is 15.4. The Morgan fingerprint density at radius 1 is 1.18 bits per heavy atom. The van der Waals surface area contributed by atoms with Crippen molar-refractivity contribution >= 4 is 40.1 Å². The van der Waals surface area contributed by atoms with E-state index < -0.39 is 11.8 Å². The highest BCUT2D eigenvalue weighted by molar-refractivity contribution is 14.1. The lowest BCUT2D eigenvalue weighted by Gasteiger charge is -2.32. The number of anilines is 1. The molecule has 0 aliphatic heterocycles. The number of halogens is 1. The summed E-state index contributed by atoms with van der Waals surface area (Å²) in [6.07, 6.45) is 15.2. The molecule has 0 atom stereocenters. The van der Waals surface area contributed by atoms with Crippen molar-refractivity contribution < 1.29 is 14.7 Å². The molecule has 0 aromatic heterocycles. The smallest absolute Gasteiger partial charge is 0.250 e. The molecule has 1 aliphatic rings. The van der Waals surface area contributed by atoms with Gasteiger partial charge in [0.1, 0.15) is 5.75 Å². The van der Waals surface area contributed by atoms with Gasteiger partial charge in [-0.25, -0.2) is 0 Å². The van der Waals surface area contributed by atoms with Crippen LogP contribution in [0.4, 0.5) is 5.69 Å². The zero-order valence-corrected chi connectivity index (χ0v) is 22.1. The summed E-state index contributed by atoms with van der Waals surface area (Å²) in [6, 6.07) is 2.76. The lowest BCUT2D eigenvalue weighted by atomic mass is 9.72. The molecule has 2 rings (SSSR count). The van der Waals surface area contributed by atoms with Crippen molar-refractivity contribution in [1.82, 2.24) is 0 Å². The highest BCUT2D eigenvalue weighted by Crippen LogP contribution is 2.40. The molecule has 5 nitrogen and oxygen atoms in total. The van der Waals surface area contributed by atoms with Crippen LogP contribution in [0.2, 0.25) is 0 Å². The summed E-state index contributed by atoms with van der Waals surface area (Å²) in [7, 11) is 0. The fraction of sp³-hybridized carbons (Fsp3) is 0.333. The van der Waals surface area contributed by atoms with Gasteiger partial charge in [0.15, 0.2) is 0 Å².